The topological polar surface area (TPSA) is 96.7 Å². The van der Waals surface area contributed by atoms with Gasteiger partial charge in [-0.1, -0.05) is 224 Å². The molecular weight excluding hydrogens is 1010 g/mol. The molecule has 13 aromatic rings. The number of hydrogen-bond acceptors (Lipinski definition) is 9. The molecule has 14 rings (SSSR count). The highest BCUT2D eigenvalue weighted by molar-refractivity contribution is 6.08. The molecule has 394 valence electrons. The van der Waals surface area contributed by atoms with Crippen molar-refractivity contribution >= 4 is 34.4 Å². The second kappa shape index (κ2) is 21.6. The molecule has 4 heterocycles. The van der Waals surface area contributed by atoms with Crippen LogP contribution in [0.25, 0.3) is 102 Å². The van der Waals surface area contributed by atoms with Gasteiger partial charge in [-0.3, -0.25) is 4.90 Å². The third kappa shape index (κ3) is 9.66. The summed E-state index contributed by atoms with van der Waals surface area (Å²) in [6.07, 6.45) is 0. The average Bonchev–Trinajstić information content (AvgIpc) is 1.85. The smallest absolute Gasteiger partial charge is 0.238 e. The van der Waals surface area contributed by atoms with Gasteiger partial charge in [0.25, 0.3) is 0 Å². The summed E-state index contributed by atoms with van der Waals surface area (Å²) in [4.78, 5) is 42.4. The van der Waals surface area contributed by atoms with E-state index < -0.39 is 0 Å². The molecule has 0 aliphatic carbocycles. The highest BCUT2D eigenvalue weighted by atomic mass is 15.3. The van der Waals surface area contributed by atoms with E-state index >= 15 is 0 Å². The second-order valence-corrected chi connectivity index (χ2v) is 20.7. The van der Waals surface area contributed by atoms with Crippen molar-refractivity contribution in [2.75, 3.05) is 9.80 Å². The fourth-order valence-corrected chi connectivity index (χ4v) is 11.4. The third-order valence-corrected chi connectivity index (χ3v) is 15.1. The van der Waals surface area contributed by atoms with Crippen molar-refractivity contribution in [3.8, 4) is 102 Å². The standard InChI is InChI=1S/C74H53N9/c1-48-42-49(2)68(50(3)43-48)58-44-57(63-47-60(51-26-10-4-11-27-51)75-70(76-63)54-32-16-7-17-33-54)45-59(73-77-61(52-28-12-5-13-29-52)46-62(78-73)53-30-14-6-15-31-53)69(58)82-64-38-22-24-40-66(64)83(67-41-25-23-39-65(67)82)74-80-71(55-34-18-8-19-35-55)79-72(81-74)56-36-20-9-21-37-56/h4-47H,1-3H3. The van der Waals surface area contributed by atoms with Gasteiger partial charge in [-0.15, -0.1) is 0 Å². The molecule has 0 fully saturated rings. The van der Waals surface area contributed by atoms with Gasteiger partial charge in [0.2, 0.25) is 5.95 Å². The Morgan fingerprint density at radius 2 is 0.566 bits per heavy atom. The first kappa shape index (κ1) is 50.2. The number of hydrogen-bond donors (Lipinski definition) is 0. The van der Waals surface area contributed by atoms with Crippen LogP contribution in [0.1, 0.15) is 16.7 Å². The number of para-hydroxylation sites is 4. The quantitative estimate of drug-likeness (QED) is 0.125. The number of rotatable bonds is 11. The minimum Gasteiger partial charge on any atom is -0.305 e. The maximum atomic E-state index is 5.66. The maximum absolute atomic E-state index is 5.66. The molecule has 83 heavy (non-hydrogen) atoms. The monoisotopic (exact) mass is 1070 g/mol. The van der Waals surface area contributed by atoms with E-state index in [1.807, 2.05) is 97.1 Å². The SMILES string of the molecule is Cc1cc(C)c(-c2cc(-c3cc(-c4ccccc4)nc(-c4ccccc4)n3)cc(-c3nc(-c4ccccc4)cc(-c4ccccc4)n3)c2N2c3ccccc3N(c3nc(-c4ccccc4)nc(-c4ccccc4)n3)c3ccccc32)c(C)c1. The van der Waals surface area contributed by atoms with Gasteiger partial charge in [-0.2, -0.15) is 9.97 Å². The molecule has 0 saturated carbocycles. The minimum absolute atomic E-state index is 0.483. The molecule has 0 atom stereocenters. The van der Waals surface area contributed by atoms with Crippen molar-refractivity contribution < 1.29 is 0 Å². The number of aromatic nitrogens is 7. The van der Waals surface area contributed by atoms with Crippen LogP contribution in [0, 0.1) is 20.8 Å². The van der Waals surface area contributed by atoms with E-state index in [0.717, 1.165) is 118 Å². The van der Waals surface area contributed by atoms with Gasteiger partial charge in [-0.25, -0.2) is 24.9 Å². The van der Waals surface area contributed by atoms with Gasteiger partial charge >= 0.3 is 0 Å². The summed E-state index contributed by atoms with van der Waals surface area (Å²) in [6, 6.07) is 91.9. The normalized spacial score (nSPS) is 11.7. The fourth-order valence-electron chi connectivity index (χ4n) is 11.4. The van der Waals surface area contributed by atoms with E-state index in [1.165, 1.54) is 5.56 Å². The van der Waals surface area contributed by atoms with Crippen molar-refractivity contribution in [1.82, 2.24) is 34.9 Å². The van der Waals surface area contributed by atoms with Crippen LogP contribution in [0.5, 0.6) is 0 Å². The molecule has 0 saturated heterocycles. The number of nitrogens with zero attached hydrogens (tertiary/aromatic N) is 9. The van der Waals surface area contributed by atoms with Crippen molar-refractivity contribution in [2.45, 2.75) is 20.8 Å². The molecule has 1 aliphatic rings. The lowest BCUT2D eigenvalue weighted by molar-refractivity contribution is 1.01. The van der Waals surface area contributed by atoms with E-state index in [-0.39, 0.29) is 0 Å². The molecule has 3 aromatic heterocycles. The van der Waals surface area contributed by atoms with Crippen LogP contribution in [-0.2, 0) is 0 Å². The molecule has 9 heteroatoms. The average molecular weight is 1070 g/mol. The summed E-state index contributed by atoms with van der Waals surface area (Å²) < 4.78 is 0. The van der Waals surface area contributed by atoms with E-state index in [1.54, 1.807) is 0 Å². The van der Waals surface area contributed by atoms with Crippen LogP contribution in [-0.4, -0.2) is 34.9 Å². The zero-order valence-corrected chi connectivity index (χ0v) is 45.9. The van der Waals surface area contributed by atoms with Crippen LogP contribution < -0.4 is 9.80 Å². The maximum Gasteiger partial charge on any atom is 0.238 e. The van der Waals surface area contributed by atoms with Gasteiger partial charge in [-0.05, 0) is 86.0 Å². The summed E-state index contributed by atoms with van der Waals surface area (Å²) in [5.41, 5.74) is 20.3. The third-order valence-electron chi connectivity index (χ3n) is 15.1. The molecule has 0 radical (unpaired) electrons. The molecule has 9 nitrogen and oxygen atoms in total. The predicted molar refractivity (Wildman–Crippen MR) is 337 cm³/mol. The zero-order chi connectivity index (χ0) is 55.8. The Hall–Kier alpha value is -11.0. The number of fused-ring (bicyclic) bond motifs is 2. The number of aryl methyl sites for hydroxylation is 3. The Labute approximate surface area is 482 Å². The summed E-state index contributed by atoms with van der Waals surface area (Å²) in [6.45, 7) is 6.59. The van der Waals surface area contributed by atoms with Gasteiger partial charge in [0, 0.05) is 50.1 Å². The molecule has 0 N–H and O–H groups in total. The minimum atomic E-state index is 0.483. The molecule has 0 amide bonds. The molecule has 0 bridgehead atoms. The zero-order valence-electron chi connectivity index (χ0n) is 45.9. The lowest BCUT2D eigenvalue weighted by Crippen LogP contribution is -2.26. The Morgan fingerprint density at radius 1 is 0.253 bits per heavy atom. The van der Waals surface area contributed by atoms with Gasteiger partial charge in [0.05, 0.1) is 51.2 Å². The van der Waals surface area contributed by atoms with Crippen LogP contribution in [0.3, 0.4) is 0 Å². The van der Waals surface area contributed by atoms with E-state index in [9.17, 15) is 0 Å². The van der Waals surface area contributed by atoms with Gasteiger partial charge < -0.3 is 4.90 Å². The van der Waals surface area contributed by atoms with Gasteiger partial charge in [0.15, 0.2) is 23.3 Å². The molecule has 1 aliphatic heterocycles. The fraction of sp³-hybridized carbons (Fsp3) is 0.0405. The van der Waals surface area contributed by atoms with Crippen LogP contribution in [0.15, 0.2) is 267 Å². The highest BCUT2D eigenvalue weighted by Crippen LogP contribution is 2.58. The summed E-state index contributed by atoms with van der Waals surface area (Å²) in [5, 5.41) is 0. The van der Waals surface area contributed by atoms with Crippen LogP contribution >= 0.6 is 0 Å². The van der Waals surface area contributed by atoms with Crippen molar-refractivity contribution in [1.29, 1.82) is 0 Å². The summed E-state index contributed by atoms with van der Waals surface area (Å²) in [7, 11) is 0. The molecular formula is C74H53N9. The lowest BCUT2D eigenvalue weighted by Gasteiger charge is -2.41. The Morgan fingerprint density at radius 3 is 0.964 bits per heavy atom. The first-order chi connectivity index (χ1) is 40.9. The van der Waals surface area contributed by atoms with E-state index in [2.05, 4.69) is 200 Å². The summed E-state index contributed by atoms with van der Waals surface area (Å²) >= 11 is 0. The van der Waals surface area contributed by atoms with Crippen LogP contribution in [0.4, 0.5) is 34.4 Å². The highest BCUT2D eigenvalue weighted by Gasteiger charge is 2.36. The number of benzene rings is 10. The Kier molecular flexibility index (Phi) is 13.0. The first-order valence-corrected chi connectivity index (χ1v) is 27.8. The largest absolute Gasteiger partial charge is 0.305 e. The van der Waals surface area contributed by atoms with Gasteiger partial charge in [0.1, 0.15) is 0 Å². The summed E-state index contributed by atoms with van der Waals surface area (Å²) in [5.74, 6) is 2.78. The van der Waals surface area contributed by atoms with Crippen molar-refractivity contribution in [3.05, 3.63) is 284 Å². The number of anilines is 6. The Bertz CT molecular complexity index is 4280. The second-order valence-electron chi connectivity index (χ2n) is 20.7. The predicted octanol–water partition coefficient (Wildman–Crippen LogP) is 18.6. The molecule has 10 aromatic carbocycles. The Balaban J connectivity index is 1.10. The van der Waals surface area contributed by atoms with Crippen LogP contribution in [0.2, 0.25) is 0 Å². The van der Waals surface area contributed by atoms with E-state index in [4.69, 9.17) is 34.9 Å². The molecule has 0 spiro atoms. The lowest BCUT2D eigenvalue weighted by atomic mass is 9.87. The molecule has 0 unspecified atom stereocenters. The van der Waals surface area contributed by atoms with Crippen molar-refractivity contribution in [3.63, 3.8) is 0 Å². The first-order valence-electron chi connectivity index (χ1n) is 27.8. The van der Waals surface area contributed by atoms with Crippen molar-refractivity contribution in [2.24, 2.45) is 0 Å². The van der Waals surface area contributed by atoms with E-state index in [0.29, 0.717) is 29.2 Å².